The molecule has 0 radical (unpaired) electrons. The van der Waals surface area contributed by atoms with Gasteiger partial charge in [0.25, 0.3) is 0 Å². The van der Waals surface area contributed by atoms with Crippen molar-refractivity contribution < 1.29 is 0 Å². The van der Waals surface area contributed by atoms with E-state index in [4.69, 9.17) is 0 Å². The van der Waals surface area contributed by atoms with E-state index < -0.39 is 0 Å². The second-order valence-corrected chi connectivity index (χ2v) is 9.28. The van der Waals surface area contributed by atoms with Gasteiger partial charge in [0.05, 0.1) is 0 Å². The summed E-state index contributed by atoms with van der Waals surface area (Å²) >= 11 is 0. The Kier molecular flexibility index (Phi) is 2.44. The minimum Gasteiger partial charge on any atom is -0.0616 e. The highest BCUT2D eigenvalue weighted by molar-refractivity contribution is 6.48. The molecule has 0 aromatic heterocycles. The van der Waals surface area contributed by atoms with E-state index in [0.717, 1.165) is 0 Å². The van der Waals surface area contributed by atoms with Crippen molar-refractivity contribution in [2.45, 2.75) is 0 Å². The molecule has 0 heteroatoms. The molecule has 0 nitrogen and oxygen atoms in total. The molecule has 0 saturated heterocycles. The Balaban J connectivity index is 1.83. The molecule has 0 aliphatic heterocycles. The Labute approximate surface area is 183 Å². The van der Waals surface area contributed by atoms with Gasteiger partial charge in [-0.05, 0) is 98.3 Å². The zero-order valence-electron chi connectivity index (χ0n) is 17.2. The fraction of sp³-hybridized carbons (Fsp3) is 0. The van der Waals surface area contributed by atoms with Crippen LogP contribution in [-0.2, 0) is 0 Å². The molecular weight excluding hydrogens is 384 g/mol. The SMILES string of the molecule is c1cc2ccc3c4ccc5cccc6cc7c8ccccc8c8cc(c1)c2c3c8c7c4c56. The molecule has 0 atom stereocenters. The molecule has 0 saturated carbocycles. The van der Waals surface area contributed by atoms with Gasteiger partial charge in [0.15, 0.2) is 0 Å². The Bertz CT molecular complexity index is 2020. The van der Waals surface area contributed by atoms with Gasteiger partial charge in [-0.2, -0.15) is 0 Å². The van der Waals surface area contributed by atoms with Crippen LogP contribution in [0.1, 0.15) is 0 Å². The van der Waals surface area contributed by atoms with Gasteiger partial charge in [-0.15, -0.1) is 0 Å². The van der Waals surface area contributed by atoms with Crippen LogP contribution >= 0.6 is 0 Å². The summed E-state index contributed by atoms with van der Waals surface area (Å²) in [7, 11) is 0. The Morgan fingerprint density at radius 2 is 0.688 bits per heavy atom. The number of hydrogen-bond donors (Lipinski definition) is 0. The monoisotopic (exact) mass is 400 g/mol. The average molecular weight is 400 g/mol. The van der Waals surface area contributed by atoms with Crippen molar-refractivity contribution in [3.05, 3.63) is 97.1 Å². The lowest BCUT2D eigenvalue weighted by Crippen LogP contribution is -1.94. The first-order chi connectivity index (χ1) is 15.9. The molecule has 0 aliphatic rings. The van der Waals surface area contributed by atoms with Crippen molar-refractivity contribution in [1.82, 2.24) is 0 Å². The Hall–Kier alpha value is -4.16. The highest BCUT2D eigenvalue weighted by atomic mass is 14.2. The van der Waals surface area contributed by atoms with Crippen LogP contribution in [0.25, 0.3) is 86.2 Å². The first-order valence-corrected chi connectivity index (χ1v) is 11.3. The van der Waals surface area contributed by atoms with E-state index in [1.807, 2.05) is 0 Å². The maximum absolute atomic E-state index is 2.43. The van der Waals surface area contributed by atoms with Crippen molar-refractivity contribution in [3.63, 3.8) is 0 Å². The van der Waals surface area contributed by atoms with E-state index in [1.54, 1.807) is 0 Å². The minimum absolute atomic E-state index is 1.33. The Morgan fingerprint density at radius 1 is 0.250 bits per heavy atom. The van der Waals surface area contributed by atoms with Crippen molar-refractivity contribution >= 4 is 86.2 Å². The van der Waals surface area contributed by atoms with E-state index in [0.29, 0.717) is 0 Å². The van der Waals surface area contributed by atoms with Gasteiger partial charge >= 0.3 is 0 Å². The topological polar surface area (TPSA) is 0 Å². The van der Waals surface area contributed by atoms with Gasteiger partial charge in [0.2, 0.25) is 0 Å². The molecule has 0 N–H and O–H groups in total. The predicted octanol–water partition coefficient (Wildman–Crippen LogP) is 9.23. The minimum atomic E-state index is 1.33. The van der Waals surface area contributed by atoms with Crippen molar-refractivity contribution in [1.29, 1.82) is 0 Å². The second-order valence-electron chi connectivity index (χ2n) is 9.28. The number of fused-ring (bicyclic) bond motifs is 4. The van der Waals surface area contributed by atoms with Crippen LogP contribution in [0.2, 0.25) is 0 Å². The zero-order valence-corrected chi connectivity index (χ0v) is 17.2. The van der Waals surface area contributed by atoms with Gasteiger partial charge in [-0.3, -0.25) is 0 Å². The van der Waals surface area contributed by atoms with Crippen molar-refractivity contribution in [3.8, 4) is 0 Å². The third kappa shape index (κ3) is 1.57. The van der Waals surface area contributed by atoms with Crippen LogP contribution in [-0.4, -0.2) is 0 Å². The van der Waals surface area contributed by atoms with Gasteiger partial charge in [0.1, 0.15) is 0 Å². The third-order valence-electron chi connectivity index (χ3n) is 7.84. The van der Waals surface area contributed by atoms with Gasteiger partial charge in [0, 0.05) is 0 Å². The molecule has 9 rings (SSSR count). The van der Waals surface area contributed by atoms with E-state index in [2.05, 4.69) is 97.1 Å². The summed E-state index contributed by atoms with van der Waals surface area (Å²) in [6, 6.07) is 36.6. The van der Waals surface area contributed by atoms with E-state index in [9.17, 15) is 0 Å². The molecule has 9 aromatic carbocycles. The van der Waals surface area contributed by atoms with Crippen LogP contribution in [0.4, 0.5) is 0 Å². The zero-order chi connectivity index (χ0) is 20.6. The Morgan fingerprint density at radius 3 is 1.19 bits per heavy atom. The molecule has 0 amide bonds. The predicted molar refractivity (Wildman–Crippen MR) is 140 cm³/mol. The lowest BCUT2D eigenvalue weighted by molar-refractivity contribution is 1.80. The lowest BCUT2D eigenvalue weighted by Gasteiger charge is -2.22. The van der Waals surface area contributed by atoms with E-state index in [-0.39, 0.29) is 0 Å². The number of benzene rings is 9. The van der Waals surface area contributed by atoms with Crippen LogP contribution in [0.3, 0.4) is 0 Å². The molecule has 9 aromatic rings. The lowest BCUT2D eigenvalue weighted by atomic mass is 9.80. The van der Waals surface area contributed by atoms with E-state index >= 15 is 0 Å². The summed E-state index contributed by atoms with van der Waals surface area (Å²) in [5.41, 5.74) is 0. The average Bonchev–Trinajstić information content (AvgIpc) is 2.85. The summed E-state index contributed by atoms with van der Waals surface area (Å²) < 4.78 is 0. The summed E-state index contributed by atoms with van der Waals surface area (Å²) in [5, 5.41) is 22.1. The molecule has 144 valence electrons. The van der Waals surface area contributed by atoms with Gasteiger partial charge in [-0.1, -0.05) is 84.9 Å². The quantitative estimate of drug-likeness (QED) is 0.176. The smallest absolute Gasteiger partial charge is 0.000697 e. The molecule has 0 heterocycles. The summed E-state index contributed by atoms with van der Waals surface area (Å²) in [4.78, 5) is 0. The summed E-state index contributed by atoms with van der Waals surface area (Å²) in [6.45, 7) is 0. The van der Waals surface area contributed by atoms with Crippen LogP contribution < -0.4 is 0 Å². The molecule has 0 unspecified atom stereocenters. The summed E-state index contributed by atoms with van der Waals surface area (Å²) in [6.07, 6.45) is 0. The molecule has 32 heavy (non-hydrogen) atoms. The first kappa shape index (κ1) is 15.6. The molecule has 0 bridgehead atoms. The second kappa shape index (κ2) is 5.00. The molecule has 0 aliphatic carbocycles. The van der Waals surface area contributed by atoms with Crippen LogP contribution in [0.5, 0.6) is 0 Å². The molecule has 0 spiro atoms. The maximum atomic E-state index is 2.43. The summed E-state index contributed by atoms with van der Waals surface area (Å²) in [5.74, 6) is 0. The molecular formula is C32H16. The van der Waals surface area contributed by atoms with Crippen molar-refractivity contribution in [2.24, 2.45) is 0 Å². The fourth-order valence-electron chi connectivity index (χ4n) is 6.65. The number of hydrogen-bond acceptors (Lipinski definition) is 0. The highest BCUT2D eigenvalue weighted by Crippen LogP contribution is 2.51. The van der Waals surface area contributed by atoms with Crippen LogP contribution in [0.15, 0.2) is 97.1 Å². The molecule has 0 fully saturated rings. The third-order valence-corrected chi connectivity index (χ3v) is 7.84. The fourth-order valence-corrected chi connectivity index (χ4v) is 6.65. The van der Waals surface area contributed by atoms with Gasteiger partial charge < -0.3 is 0 Å². The highest BCUT2D eigenvalue weighted by Gasteiger charge is 2.22. The first-order valence-electron chi connectivity index (χ1n) is 11.3. The van der Waals surface area contributed by atoms with Gasteiger partial charge in [-0.25, -0.2) is 0 Å². The maximum Gasteiger partial charge on any atom is -0.000697 e. The van der Waals surface area contributed by atoms with Crippen LogP contribution in [0, 0.1) is 0 Å². The number of rotatable bonds is 0. The largest absolute Gasteiger partial charge is 0.0616 e. The van der Waals surface area contributed by atoms with E-state index in [1.165, 1.54) is 86.2 Å². The normalized spacial score (nSPS) is 13.0. The standard InChI is InChI=1S/C32H16/c1-2-10-22-21(9-1)25-15-19-7-3-5-17-11-13-23-24-14-12-18-6-4-8-20-16-26(22)32(30(24)28(18)20)31(25)29(23)27(17)19/h1-16H. The van der Waals surface area contributed by atoms with Crippen molar-refractivity contribution in [2.75, 3.05) is 0 Å².